The van der Waals surface area contributed by atoms with E-state index in [4.69, 9.17) is 0 Å². The fraction of sp³-hybridized carbons (Fsp3) is 0.600. The molecule has 0 saturated carbocycles. The Balaban J connectivity index is 1.96. The van der Waals surface area contributed by atoms with Crippen LogP contribution in [0.25, 0.3) is 0 Å². The smallest absolute Gasteiger partial charge is 0.0246 e. The minimum atomic E-state index is 1.26. The lowest BCUT2D eigenvalue weighted by Crippen LogP contribution is -1.79. The van der Waals surface area contributed by atoms with Gasteiger partial charge in [-0.2, -0.15) is 0 Å². The van der Waals surface area contributed by atoms with Crippen LogP contribution in [0.5, 0.6) is 0 Å². The number of hydrogen-bond donors (Lipinski definition) is 1. The zero-order valence-corrected chi connectivity index (χ0v) is 8.49. The number of hydrogen-bond acceptors (Lipinski definition) is 1. The molecule has 0 unspecified atom stereocenters. The van der Waals surface area contributed by atoms with E-state index in [-0.39, 0.29) is 0 Å². The molecule has 1 aromatic heterocycles. The number of aromatic amines is 1. The molecule has 0 fully saturated rings. The average molecular weight is 183 g/mol. The molecule has 1 heterocycles. The van der Waals surface area contributed by atoms with E-state index in [0.29, 0.717) is 0 Å². The van der Waals surface area contributed by atoms with Gasteiger partial charge in [-0.3, -0.25) is 0 Å². The molecule has 0 aromatic carbocycles. The van der Waals surface area contributed by atoms with Crippen LogP contribution in [0.15, 0.2) is 23.4 Å². The van der Waals surface area contributed by atoms with Gasteiger partial charge in [0.1, 0.15) is 0 Å². The minimum absolute atomic E-state index is 1.26. The Morgan fingerprint density at radius 3 is 2.92 bits per heavy atom. The molecule has 0 bridgehead atoms. The fourth-order valence-electron chi connectivity index (χ4n) is 1.12. The van der Waals surface area contributed by atoms with Crippen LogP contribution < -0.4 is 0 Å². The van der Waals surface area contributed by atoms with Crippen molar-refractivity contribution >= 4 is 11.8 Å². The van der Waals surface area contributed by atoms with Gasteiger partial charge in [0.2, 0.25) is 0 Å². The van der Waals surface area contributed by atoms with Gasteiger partial charge >= 0.3 is 0 Å². The summed E-state index contributed by atoms with van der Waals surface area (Å²) in [5, 5.41) is 0. The highest BCUT2D eigenvalue weighted by Gasteiger charge is 1.92. The zero-order valence-electron chi connectivity index (χ0n) is 7.68. The first-order valence-corrected chi connectivity index (χ1v) is 5.67. The third-order valence-electron chi connectivity index (χ3n) is 1.84. The van der Waals surface area contributed by atoms with Crippen molar-refractivity contribution in [1.29, 1.82) is 0 Å². The maximum absolute atomic E-state index is 3.06. The van der Waals surface area contributed by atoms with Gasteiger partial charge in [0.25, 0.3) is 0 Å². The lowest BCUT2D eigenvalue weighted by atomic mass is 10.2. The van der Waals surface area contributed by atoms with Gasteiger partial charge in [-0.15, -0.1) is 11.8 Å². The standard InChI is InChI=1S/C10H17NS/c1-2-3-4-5-8-12-10-6-7-11-9-10/h6-7,9,11H,2-5,8H2,1H3. The second-order valence-corrected chi connectivity index (χ2v) is 4.12. The number of unbranched alkanes of at least 4 members (excludes halogenated alkanes) is 3. The fourth-order valence-corrected chi connectivity index (χ4v) is 2.02. The van der Waals surface area contributed by atoms with E-state index >= 15 is 0 Å². The highest BCUT2D eigenvalue weighted by atomic mass is 32.2. The summed E-state index contributed by atoms with van der Waals surface area (Å²) in [5.41, 5.74) is 0. The van der Waals surface area contributed by atoms with Crippen LogP contribution in [-0.4, -0.2) is 10.7 Å². The Morgan fingerprint density at radius 2 is 2.25 bits per heavy atom. The van der Waals surface area contributed by atoms with Gasteiger partial charge in [0, 0.05) is 17.3 Å². The summed E-state index contributed by atoms with van der Waals surface area (Å²) < 4.78 is 0. The predicted molar refractivity (Wildman–Crippen MR) is 55.7 cm³/mol. The SMILES string of the molecule is CCCCCCSc1cc[nH]c1. The maximum Gasteiger partial charge on any atom is 0.0246 e. The quantitative estimate of drug-likeness (QED) is 0.525. The van der Waals surface area contributed by atoms with Gasteiger partial charge in [-0.25, -0.2) is 0 Å². The summed E-state index contributed by atoms with van der Waals surface area (Å²) in [4.78, 5) is 4.43. The van der Waals surface area contributed by atoms with Crippen molar-refractivity contribution in [1.82, 2.24) is 4.98 Å². The van der Waals surface area contributed by atoms with Crippen molar-refractivity contribution in [2.24, 2.45) is 0 Å². The number of aromatic nitrogens is 1. The highest BCUT2D eigenvalue weighted by molar-refractivity contribution is 7.99. The summed E-state index contributed by atoms with van der Waals surface area (Å²) in [6, 6.07) is 2.13. The van der Waals surface area contributed by atoms with Crippen molar-refractivity contribution in [3.05, 3.63) is 18.5 Å². The molecule has 68 valence electrons. The van der Waals surface area contributed by atoms with Crippen LogP contribution in [0, 0.1) is 0 Å². The van der Waals surface area contributed by atoms with E-state index in [0.717, 1.165) is 0 Å². The third-order valence-corrected chi connectivity index (χ3v) is 2.92. The summed E-state index contributed by atoms with van der Waals surface area (Å²) >= 11 is 1.95. The first-order chi connectivity index (χ1) is 5.93. The van der Waals surface area contributed by atoms with Crippen LogP contribution in [0.3, 0.4) is 0 Å². The van der Waals surface area contributed by atoms with Crippen LogP contribution in [-0.2, 0) is 0 Å². The molecule has 2 heteroatoms. The Labute approximate surface area is 79.0 Å². The summed E-state index contributed by atoms with van der Waals surface area (Å²) in [5.74, 6) is 1.26. The van der Waals surface area contributed by atoms with Crippen LogP contribution in [0.2, 0.25) is 0 Å². The Hall–Kier alpha value is -0.370. The first-order valence-electron chi connectivity index (χ1n) is 4.69. The van der Waals surface area contributed by atoms with Crippen LogP contribution >= 0.6 is 11.8 Å². The monoisotopic (exact) mass is 183 g/mol. The molecular formula is C10H17NS. The topological polar surface area (TPSA) is 15.8 Å². The molecule has 1 N–H and O–H groups in total. The van der Waals surface area contributed by atoms with Gasteiger partial charge in [0.15, 0.2) is 0 Å². The second kappa shape index (κ2) is 6.18. The van der Waals surface area contributed by atoms with Crippen molar-refractivity contribution in [2.45, 2.75) is 37.5 Å². The Morgan fingerprint density at radius 1 is 1.33 bits per heavy atom. The zero-order chi connectivity index (χ0) is 8.65. The van der Waals surface area contributed by atoms with E-state index in [1.54, 1.807) is 0 Å². The first kappa shape index (κ1) is 9.72. The molecule has 0 radical (unpaired) electrons. The molecule has 1 aromatic rings. The van der Waals surface area contributed by atoms with E-state index in [1.807, 2.05) is 18.0 Å². The molecule has 0 spiro atoms. The van der Waals surface area contributed by atoms with Crippen molar-refractivity contribution in [3.8, 4) is 0 Å². The van der Waals surface area contributed by atoms with Crippen LogP contribution in [0.4, 0.5) is 0 Å². The molecule has 0 saturated heterocycles. The van der Waals surface area contributed by atoms with E-state index in [2.05, 4.69) is 24.2 Å². The summed E-state index contributed by atoms with van der Waals surface area (Å²) in [7, 11) is 0. The van der Waals surface area contributed by atoms with Crippen LogP contribution in [0.1, 0.15) is 32.6 Å². The van der Waals surface area contributed by atoms with E-state index < -0.39 is 0 Å². The number of rotatable bonds is 6. The van der Waals surface area contributed by atoms with Gasteiger partial charge in [-0.05, 0) is 18.2 Å². The van der Waals surface area contributed by atoms with E-state index in [9.17, 15) is 0 Å². The molecule has 0 amide bonds. The van der Waals surface area contributed by atoms with Gasteiger partial charge in [0.05, 0.1) is 0 Å². The number of thioether (sulfide) groups is 1. The third kappa shape index (κ3) is 3.86. The maximum atomic E-state index is 3.06. The molecule has 12 heavy (non-hydrogen) atoms. The Bertz CT molecular complexity index is 182. The van der Waals surface area contributed by atoms with Crippen molar-refractivity contribution < 1.29 is 0 Å². The summed E-state index contributed by atoms with van der Waals surface area (Å²) in [6.45, 7) is 2.25. The number of nitrogens with one attached hydrogen (secondary N) is 1. The van der Waals surface area contributed by atoms with Gasteiger partial charge in [-0.1, -0.05) is 26.2 Å². The predicted octanol–water partition coefficient (Wildman–Crippen LogP) is 3.69. The Kier molecular flexibility index (Phi) is 5.00. The molecule has 0 aliphatic heterocycles. The van der Waals surface area contributed by atoms with Crippen molar-refractivity contribution in [2.75, 3.05) is 5.75 Å². The molecule has 0 aliphatic carbocycles. The minimum Gasteiger partial charge on any atom is -0.367 e. The summed E-state index contributed by atoms with van der Waals surface area (Å²) in [6.07, 6.45) is 9.49. The van der Waals surface area contributed by atoms with E-state index in [1.165, 1.54) is 36.3 Å². The largest absolute Gasteiger partial charge is 0.367 e. The molecule has 1 nitrogen and oxygen atoms in total. The lowest BCUT2D eigenvalue weighted by molar-refractivity contribution is 0.706. The molecule has 0 aliphatic rings. The normalized spacial score (nSPS) is 10.4. The molecule has 0 atom stereocenters. The lowest BCUT2D eigenvalue weighted by Gasteiger charge is -1.97. The second-order valence-electron chi connectivity index (χ2n) is 2.96. The molecule has 1 rings (SSSR count). The van der Waals surface area contributed by atoms with Crippen molar-refractivity contribution in [3.63, 3.8) is 0 Å². The average Bonchev–Trinajstić information content (AvgIpc) is 2.57. The highest BCUT2D eigenvalue weighted by Crippen LogP contribution is 2.18. The number of H-pyrrole nitrogens is 1. The molecular weight excluding hydrogens is 166 g/mol. The van der Waals surface area contributed by atoms with Gasteiger partial charge < -0.3 is 4.98 Å².